The number of nitrogens with zero attached hydrogens (tertiary/aromatic N) is 3. The molecule has 152 valence electrons. The van der Waals surface area contributed by atoms with Crippen molar-refractivity contribution >= 4 is 23.2 Å². The van der Waals surface area contributed by atoms with Gasteiger partial charge in [0.25, 0.3) is 11.5 Å². The standard InChI is InChI=1S/C23H15ClN4O3/c24-19-7-4-8-20(18(19)13-25)31-17-6-3-5-15(11-17)23(30)26-14-16-12-22(29)28-10-2-1-9-21(28)27-16/h1-12H,14H2,(H,26,30). The van der Waals surface area contributed by atoms with Crippen LogP contribution in [0.5, 0.6) is 11.5 Å². The fourth-order valence-electron chi connectivity index (χ4n) is 2.99. The van der Waals surface area contributed by atoms with E-state index in [9.17, 15) is 14.9 Å². The number of carbonyl (C=O) groups excluding carboxylic acids is 1. The molecule has 0 radical (unpaired) electrons. The number of ether oxygens (including phenoxy) is 1. The summed E-state index contributed by atoms with van der Waals surface area (Å²) < 4.78 is 7.18. The Balaban J connectivity index is 1.50. The van der Waals surface area contributed by atoms with Gasteiger partial charge in [0.05, 0.1) is 17.3 Å². The van der Waals surface area contributed by atoms with Crippen LogP contribution in [-0.2, 0) is 6.54 Å². The van der Waals surface area contributed by atoms with Crippen LogP contribution in [-0.4, -0.2) is 15.3 Å². The summed E-state index contributed by atoms with van der Waals surface area (Å²) in [4.78, 5) is 29.2. The topological polar surface area (TPSA) is 96.5 Å². The summed E-state index contributed by atoms with van der Waals surface area (Å²) in [6, 6.07) is 20.1. The SMILES string of the molecule is N#Cc1c(Cl)cccc1Oc1cccc(C(=O)NCc2cc(=O)n3ccccc3n2)c1. The minimum Gasteiger partial charge on any atom is -0.456 e. The predicted molar refractivity (Wildman–Crippen MR) is 115 cm³/mol. The molecule has 1 N–H and O–H groups in total. The summed E-state index contributed by atoms with van der Waals surface area (Å²) >= 11 is 6.03. The second-order valence-electron chi connectivity index (χ2n) is 6.55. The van der Waals surface area contributed by atoms with Gasteiger partial charge in [-0.15, -0.1) is 0 Å². The molecule has 0 aliphatic heterocycles. The minimum absolute atomic E-state index is 0.0947. The fourth-order valence-corrected chi connectivity index (χ4v) is 3.20. The third kappa shape index (κ3) is 4.39. The van der Waals surface area contributed by atoms with Gasteiger partial charge in [0.1, 0.15) is 28.8 Å². The van der Waals surface area contributed by atoms with E-state index in [1.807, 2.05) is 6.07 Å². The van der Waals surface area contributed by atoms with Crippen LogP contribution in [0.15, 0.2) is 77.7 Å². The van der Waals surface area contributed by atoms with E-state index < -0.39 is 0 Å². The minimum atomic E-state index is -0.355. The molecule has 8 heteroatoms. The molecule has 7 nitrogen and oxygen atoms in total. The summed E-state index contributed by atoms with van der Waals surface area (Å²) in [7, 11) is 0. The second kappa shape index (κ2) is 8.69. The number of amides is 1. The molecular weight excluding hydrogens is 416 g/mol. The van der Waals surface area contributed by atoms with E-state index in [1.54, 1.807) is 66.9 Å². The average molecular weight is 431 g/mol. The molecule has 0 aliphatic carbocycles. The van der Waals surface area contributed by atoms with Crippen molar-refractivity contribution < 1.29 is 9.53 Å². The van der Waals surface area contributed by atoms with Gasteiger partial charge in [-0.1, -0.05) is 29.8 Å². The molecule has 0 saturated heterocycles. The highest BCUT2D eigenvalue weighted by molar-refractivity contribution is 6.31. The van der Waals surface area contributed by atoms with Crippen LogP contribution in [0.1, 0.15) is 21.6 Å². The Morgan fingerprint density at radius 1 is 1.13 bits per heavy atom. The first-order valence-corrected chi connectivity index (χ1v) is 9.65. The zero-order valence-electron chi connectivity index (χ0n) is 16.1. The van der Waals surface area contributed by atoms with Gasteiger partial charge in [-0.3, -0.25) is 14.0 Å². The molecule has 0 atom stereocenters. The van der Waals surface area contributed by atoms with E-state index in [0.29, 0.717) is 28.4 Å². The second-order valence-corrected chi connectivity index (χ2v) is 6.96. The van der Waals surface area contributed by atoms with Crippen molar-refractivity contribution in [3.8, 4) is 17.6 Å². The third-order valence-corrected chi connectivity index (χ3v) is 4.78. The number of aromatic nitrogens is 2. The number of hydrogen-bond acceptors (Lipinski definition) is 5. The molecule has 0 spiro atoms. The monoisotopic (exact) mass is 430 g/mol. The van der Waals surface area contributed by atoms with Gasteiger partial charge in [-0.05, 0) is 42.5 Å². The molecule has 0 fully saturated rings. The summed E-state index contributed by atoms with van der Waals surface area (Å²) in [5.74, 6) is 0.328. The number of benzene rings is 2. The summed E-state index contributed by atoms with van der Waals surface area (Å²) in [5, 5.41) is 12.3. The number of fused-ring (bicyclic) bond motifs is 1. The molecule has 0 aliphatic rings. The Bertz CT molecular complexity index is 1390. The lowest BCUT2D eigenvalue weighted by Gasteiger charge is -2.10. The van der Waals surface area contributed by atoms with Crippen LogP contribution >= 0.6 is 11.6 Å². The zero-order valence-corrected chi connectivity index (χ0v) is 16.8. The van der Waals surface area contributed by atoms with Crippen molar-refractivity contribution in [1.82, 2.24) is 14.7 Å². The van der Waals surface area contributed by atoms with Crippen LogP contribution < -0.4 is 15.6 Å². The molecule has 4 aromatic rings. The van der Waals surface area contributed by atoms with Gasteiger partial charge >= 0.3 is 0 Å². The number of pyridine rings is 1. The van der Waals surface area contributed by atoms with Gasteiger partial charge in [0.15, 0.2) is 0 Å². The molecule has 0 unspecified atom stereocenters. The number of halogens is 1. The number of hydrogen-bond donors (Lipinski definition) is 1. The first-order chi connectivity index (χ1) is 15.0. The molecule has 1 amide bonds. The fraction of sp³-hybridized carbons (Fsp3) is 0.0435. The van der Waals surface area contributed by atoms with Crippen molar-refractivity contribution in [1.29, 1.82) is 5.26 Å². The lowest BCUT2D eigenvalue weighted by Crippen LogP contribution is -2.25. The van der Waals surface area contributed by atoms with E-state index in [4.69, 9.17) is 16.3 Å². The molecule has 31 heavy (non-hydrogen) atoms. The molecule has 4 rings (SSSR count). The van der Waals surface area contributed by atoms with Crippen LogP contribution in [0.3, 0.4) is 0 Å². The number of nitrogens with one attached hydrogen (secondary N) is 1. The maximum absolute atomic E-state index is 12.6. The quantitative estimate of drug-likeness (QED) is 0.517. The van der Waals surface area contributed by atoms with Gasteiger partial charge in [-0.2, -0.15) is 5.26 Å². The van der Waals surface area contributed by atoms with Crippen molar-refractivity contribution in [3.63, 3.8) is 0 Å². The Morgan fingerprint density at radius 2 is 1.97 bits per heavy atom. The van der Waals surface area contributed by atoms with Crippen molar-refractivity contribution in [2.24, 2.45) is 0 Å². The van der Waals surface area contributed by atoms with Crippen LogP contribution in [0.25, 0.3) is 5.65 Å². The zero-order chi connectivity index (χ0) is 21.8. The van der Waals surface area contributed by atoms with Crippen LogP contribution in [0.2, 0.25) is 5.02 Å². The molecule has 0 bridgehead atoms. The highest BCUT2D eigenvalue weighted by Crippen LogP contribution is 2.30. The van der Waals surface area contributed by atoms with E-state index in [2.05, 4.69) is 10.3 Å². The number of nitriles is 1. The summed E-state index contributed by atoms with van der Waals surface area (Å²) in [6.45, 7) is 0.0947. The number of rotatable bonds is 5. The van der Waals surface area contributed by atoms with Crippen molar-refractivity contribution in [2.45, 2.75) is 6.54 Å². The smallest absolute Gasteiger partial charge is 0.258 e. The highest BCUT2D eigenvalue weighted by Gasteiger charge is 2.11. The van der Waals surface area contributed by atoms with Crippen molar-refractivity contribution in [2.75, 3.05) is 0 Å². The van der Waals surface area contributed by atoms with E-state index in [-0.39, 0.29) is 28.6 Å². The highest BCUT2D eigenvalue weighted by atomic mass is 35.5. The van der Waals surface area contributed by atoms with Gasteiger partial charge in [-0.25, -0.2) is 4.98 Å². The largest absolute Gasteiger partial charge is 0.456 e. The molecule has 2 heterocycles. The lowest BCUT2D eigenvalue weighted by atomic mass is 10.2. The first kappa shape index (κ1) is 20.1. The molecule has 2 aromatic heterocycles. The van der Waals surface area contributed by atoms with E-state index in [0.717, 1.165) is 0 Å². The molecule has 0 saturated carbocycles. The van der Waals surface area contributed by atoms with Crippen LogP contribution in [0, 0.1) is 11.3 Å². The molecular formula is C23H15ClN4O3. The summed E-state index contributed by atoms with van der Waals surface area (Å²) in [6.07, 6.45) is 1.64. The summed E-state index contributed by atoms with van der Waals surface area (Å²) in [5.41, 5.74) is 1.31. The van der Waals surface area contributed by atoms with Crippen molar-refractivity contribution in [3.05, 3.63) is 105 Å². The Hall–Kier alpha value is -4.15. The van der Waals surface area contributed by atoms with Gasteiger partial charge in [0.2, 0.25) is 0 Å². The average Bonchev–Trinajstić information content (AvgIpc) is 2.78. The maximum atomic E-state index is 12.6. The van der Waals surface area contributed by atoms with Gasteiger partial charge < -0.3 is 10.1 Å². The normalized spacial score (nSPS) is 10.5. The number of carbonyl (C=O) groups is 1. The van der Waals surface area contributed by atoms with Crippen LogP contribution in [0.4, 0.5) is 0 Å². The first-order valence-electron chi connectivity index (χ1n) is 9.27. The Kier molecular flexibility index (Phi) is 5.65. The van der Waals surface area contributed by atoms with E-state index in [1.165, 1.54) is 10.5 Å². The van der Waals surface area contributed by atoms with Gasteiger partial charge in [0, 0.05) is 17.8 Å². The third-order valence-electron chi connectivity index (χ3n) is 4.47. The predicted octanol–water partition coefficient (Wildman–Crippen LogP) is 3.94. The Labute approximate surface area is 182 Å². The van der Waals surface area contributed by atoms with E-state index >= 15 is 0 Å². The molecule has 2 aromatic carbocycles. The lowest BCUT2D eigenvalue weighted by molar-refractivity contribution is 0.0950. The Morgan fingerprint density at radius 3 is 2.81 bits per heavy atom. The maximum Gasteiger partial charge on any atom is 0.258 e.